The van der Waals surface area contributed by atoms with Crippen LogP contribution in [0.25, 0.3) is 0 Å². The van der Waals surface area contributed by atoms with Crippen LogP contribution in [0.4, 0.5) is 0 Å². The zero-order valence-electron chi connectivity index (χ0n) is 19.5. The van der Waals surface area contributed by atoms with Gasteiger partial charge in [0, 0.05) is 24.7 Å². The molecule has 2 saturated heterocycles. The first-order valence-corrected chi connectivity index (χ1v) is 11.6. The fraction of sp³-hybridized carbons (Fsp3) is 0.875. The van der Waals surface area contributed by atoms with Crippen LogP contribution in [0.2, 0.25) is 0 Å². The van der Waals surface area contributed by atoms with Gasteiger partial charge in [-0.3, -0.25) is 14.4 Å². The summed E-state index contributed by atoms with van der Waals surface area (Å²) < 4.78 is 23.6. The molecule has 2 heterocycles. The highest BCUT2D eigenvalue weighted by Crippen LogP contribution is 2.68. The molecule has 0 amide bonds. The Morgan fingerprint density at radius 3 is 2.42 bits per heavy atom. The van der Waals surface area contributed by atoms with Crippen molar-refractivity contribution < 1.29 is 33.3 Å². The van der Waals surface area contributed by atoms with Crippen molar-refractivity contribution in [3.63, 3.8) is 0 Å². The molecule has 4 aliphatic rings. The Labute approximate surface area is 184 Å². The molecule has 0 radical (unpaired) electrons. The minimum atomic E-state index is -0.519. The number of hydrogen-bond donors (Lipinski definition) is 0. The van der Waals surface area contributed by atoms with Gasteiger partial charge >= 0.3 is 17.9 Å². The lowest BCUT2D eigenvalue weighted by molar-refractivity contribution is -0.269. The third kappa shape index (κ3) is 3.38. The molecule has 0 aromatic rings. The van der Waals surface area contributed by atoms with Crippen molar-refractivity contribution in [3.8, 4) is 0 Å². The topological polar surface area (TPSA) is 88.1 Å². The van der Waals surface area contributed by atoms with E-state index in [1.54, 1.807) is 0 Å². The van der Waals surface area contributed by atoms with E-state index in [4.69, 9.17) is 18.9 Å². The lowest BCUT2D eigenvalue weighted by Gasteiger charge is -2.65. The quantitative estimate of drug-likeness (QED) is 0.494. The third-order valence-corrected chi connectivity index (χ3v) is 9.09. The Kier molecular flexibility index (Phi) is 5.43. The van der Waals surface area contributed by atoms with E-state index in [1.165, 1.54) is 13.8 Å². The first-order chi connectivity index (χ1) is 14.5. The Morgan fingerprint density at radius 1 is 1.06 bits per heavy atom. The van der Waals surface area contributed by atoms with Crippen molar-refractivity contribution in [2.45, 2.75) is 96.9 Å². The molecular formula is C24H36O7. The van der Waals surface area contributed by atoms with E-state index < -0.39 is 11.0 Å². The van der Waals surface area contributed by atoms with Crippen molar-refractivity contribution in [1.29, 1.82) is 0 Å². The van der Waals surface area contributed by atoms with Crippen molar-refractivity contribution in [2.75, 3.05) is 13.2 Å². The maximum absolute atomic E-state index is 11.9. The van der Waals surface area contributed by atoms with Gasteiger partial charge in [0.25, 0.3) is 0 Å². The van der Waals surface area contributed by atoms with E-state index in [0.29, 0.717) is 25.4 Å². The highest BCUT2D eigenvalue weighted by Gasteiger charge is 2.70. The normalized spacial score (nSPS) is 46.6. The molecule has 0 unspecified atom stereocenters. The van der Waals surface area contributed by atoms with E-state index >= 15 is 0 Å². The Balaban J connectivity index is 1.71. The fourth-order valence-electron chi connectivity index (χ4n) is 7.55. The largest absolute Gasteiger partial charge is 0.465 e. The first-order valence-electron chi connectivity index (χ1n) is 11.6. The van der Waals surface area contributed by atoms with Crippen LogP contribution in [0.5, 0.6) is 0 Å². The van der Waals surface area contributed by atoms with Crippen LogP contribution in [0, 0.1) is 22.7 Å². The molecule has 4 rings (SSSR count). The highest BCUT2D eigenvalue weighted by atomic mass is 16.6. The number of esters is 3. The summed E-state index contributed by atoms with van der Waals surface area (Å²) in [5, 5.41) is 0. The standard InChI is InChI=1S/C24H36O7/c1-15-6-7-18-21(4,13-28-16(2)25)19(30-17(3)26)8-9-22(18,5)24(15)11-10-23(31-24)12-20(27)29-14-23/h15,18-19H,6-14H2,1-5H3/t15-,18+,19+,21+,22+,23+,24-/m1/s1. The predicted molar refractivity (Wildman–Crippen MR) is 111 cm³/mol. The molecule has 4 fully saturated rings. The number of hydrogen-bond acceptors (Lipinski definition) is 7. The third-order valence-electron chi connectivity index (χ3n) is 9.09. The molecule has 7 nitrogen and oxygen atoms in total. The second-order valence-corrected chi connectivity index (χ2v) is 10.9. The fourth-order valence-corrected chi connectivity index (χ4v) is 7.55. The highest BCUT2D eigenvalue weighted by molar-refractivity contribution is 5.73. The first kappa shape index (κ1) is 22.6. The van der Waals surface area contributed by atoms with Gasteiger partial charge in [-0.1, -0.05) is 20.8 Å². The van der Waals surface area contributed by atoms with Crippen molar-refractivity contribution in [2.24, 2.45) is 22.7 Å². The number of fused-ring (bicyclic) bond motifs is 2. The van der Waals surface area contributed by atoms with Gasteiger partial charge in [-0.2, -0.15) is 0 Å². The van der Waals surface area contributed by atoms with Crippen LogP contribution in [0.15, 0.2) is 0 Å². The van der Waals surface area contributed by atoms with E-state index in [1.807, 2.05) is 0 Å². The van der Waals surface area contributed by atoms with Crippen molar-refractivity contribution in [3.05, 3.63) is 0 Å². The molecule has 2 aliphatic heterocycles. The Hall–Kier alpha value is -1.63. The lowest BCUT2D eigenvalue weighted by atomic mass is 9.43. The summed E-state index contributed by atoms with van der Waals surface area (Å²) in [5.74, 6) is -0.319. The van der Waals surface area contributed by atoms with Gasteiger partial charge < -0.3 is 18.9 Å². The monoisotopic (exact) mass is 436 g/mol. The van der Waals surface area contributed by atoms with Gasteiger partial charge in [0.15, 0.2) is 0 Å². The molecule has 7 heteroatoms. The minimum Gasteiger partial charge on any atom is -0.465 e. The van der Waals surface area contributed by atoms with Gasteiger partial charge in [-0.05, 0) is 50.4 Å². The maximum atomic E-state index is 11.9. The Morgan fingerprint density at radius 2 is 1.81 bits per heavy atom. The molecule has 31 heavy (non-hydrogen) atoms. The molecule has 174 valence electrons. The summed E-state index contributed by atoms with van der Waals surface area (Å²) in [4.78, 5) is 35.5. The number of cyclic esters (lactones) is 1. The van der Waals surface area contributed by atoms with Crippen LogP contribution in [-0.2, 0) is 33.3 Å². The summed E-state index contributed by atoms with van der Waals surface area (Å²) in [7, 11) is 0. The Bertz CT molecular complexity index is 780. The summed E-state index contributed by atoms with van der Waals surface area (Å²) in [6.45, 7) is 10.1. The van der Waals surface area contributed by atoms with E-state index in [0.717, 1.165) is 32.1 Å². The molecule has 2 saturated carbocycles. The van der Waals surface area contributed by atoms with Crippen molar-refractivity contribution >= 4 is 17.9 Å². The molecule has 2 spiro atoms. The summed E-state index contributed by atoms with van der Waals surface area (Å²) in [6.07, 6.45) is 5.22. The summed E-state index contributed by atoms with van der Waals surface area (Å²) >= 11 is 0. The average Bonchev–Trinajstić information content (AvgIpc) is 3.25. The zero-order chi connectivity index (χ0) is 22.7. The molecule has 0 aromatic carbocycles. The van der Waals surface area contributed by atoms with Gasteiger partial charge in [0.05, 0.1) is 12.0 Å². The van der Waals surface area contributed by atoms with E-state index in [2.05, 4.69) is 20.8 Å². The number of carbonyl (C=O) groups is 3. The van der Waals surface area contributed by atoms with Gasteiger partial charge in [-0.25, -0.2) is 0 Å². The molecular weight excluding hydrogens is 400 g/mol. The van der Waals surface area contributed by atoms with E-state index in [9.17, 15) is 14.4 Å². The van der Waals surface area contributed by atoms with Crippen LogP contribution in [0.3, 0.4) is 0 Å². The van der Waals surface area contributed by atoms with Crippen LogP contribution >= 0.6 is 0 Å². The van der Waals surface area contributed by atoms with Crippen LogP contribution < -0.4 is 0 Å². The predicted octanol–water partition coefficient (Wildman–Crippen LogP) is 3.57. The molecule has 0 bridgehead atoms. The second kappa shape index (κ2) is 7.46. The van der Waals surface area contributed by atoms with Gasteiger partial charge in [-0.15, -0.1) is 0 Å². The van der Waals surface area contributed by atoms with E-state index in [-0.39, 0.29) is 47.6 Å². The minimum absolute atomic E-state index is 0.154. The smallest absolute Gasteiger partial charge is 0.308 e. The SMILES string of the molecule is CC(=O)OC[C@]1(C)[C@@H](OC(C)=O)CC[C@@]2(C)[C@H]1CC[C@@H](C)[C@]21CC[C@]2(COC(=O)C2)O1. The molecule has 0 N–H and O–H groups in total. The number of ether oxygens (including phenoxy) is 4. The van der Waals surface area contributed by atoms with Gasteiger partial charge in [0.1, 0.15) is 24.9 Å². The maximum Gasteiger partial charge on any atom is 0.308 e. The average molecular weight is 437 g/mol. The summed E-state index contributed by atoms with van der Waals surface area (Å²) in [6, 6.07) is 0. The van der Waals surface area contributed by atoms with Gasteiger partial charge in [0.2, 0.25) is 0 Å². The number of rotatable bonds is 3. The molecule has 0 aromatic heterocycles. The lowest BCUT2D eigenvalue weighted by Crippen LogP contribution is -2.67. The molecule has 7 atom stereocenters. The summed E-state index contributed by atoms with van der Waals surface area (Å²) in [5.41, 5.74) is -1.58. The van der Waals surface area contributed by atoms with Crippen molar-refractivity contribution in [1.82, 2.24) is 0 Å². The van der Waals surface area contributed by atoms with Crippen LogP contribution in [0.1, 0.15) is 79.6 Å². The number of carbonyl (C=O) groups excluding carboxylic acids is 3. The molecule has 2 aliphatic carbocycles. The zero-order valence-corrected chi connectivity index (χ0v) is 19.5. The second-order valence-electron chi connectivity index (χ2n) is 10.9. The van der Waals surface area contributed by atoms with Crippen LogP contribution in [-0.4, -0.2) is 48.4 Å².